The first-order valence-electron chi connectivity index (χ1n) is 19.5. The molecule has 0 saturated carbocycles. The van der Waals surface area contributed by atoms with E-state index in [0.717, 1.165) is 17.1 Å². The van der Waals surface area contributed by atoms with E-state index in [-0.39, 0.29) is 5.41 Å². The molecule has 1 nitrogen and oxygen atoms in total. The largest absolute Gasteiger partial charge is 0.310 e. The van der Waals surface area contributed by atoms with Crippen LogP contribution in [0.2, 0.25) is 0 Å². The lowest BCUT2D eigenvalue weighted by Gasteiger charge is -2.28. The molecule has 0 spiro atoms. The SMILES string of the molecule is CC1(C)c2ccccc2-c2ccc(N(c3ccc(-c4cccc(-c5cccc6ccccc56)c4)cc3)c3cccc(-c4ccc(-c5ccccc5)cc4)c3)cc21. The highest BCUT2D eigenvalue weighted by Crippen LogP contribution is 2.51. The Hall–Kier alpha value is -6.96. The van der Waals surface area contributed by atoms with E-state index in [4.69, 9.17) is 0 Å². The fourth-order valence-electron chi connectivity index (χ4n) is 8.74. The summed E-state index contributed by atoms with van der Waals surface area (Å²) >= 11 is 0. The van der Waals surface area contributed by atoms with E-state index in [1.807, 2.05) is 0 Å². The minimum absolute atomic E-state index is 0.102. The Kier molecular flexibility index (Phi) is 8.23. The summed E-state index contributed by atoms with van der Waals surface area (Å²) in [5.74, 6) is 0. The predicted molar refractivity (Wildman–Crippen MR) is 238 cm³/mol. The number of nitrogens with zero attached hydrogens (tertiary/aromatic N) is 1. The van der Waals surface area contributed by atoms with Gasteiger partial charge in [0.2, 0.25) is 0 Å². The third kappa shape index (κ3) is 5.90. The van der Waals surface area contributed by atoms with Gasteiger partial charge in [0.15, 0.2) is 0 Å². The van der Waals surface area contributed by atoms with Gasteiger partial charge in [-0.3, -0.25) is 0 Å². The van der Waals surface area contributed by atoms with E-state index in [0.29, 0.717) is 0 Å². The second-order valence-corrected chi connectivity index (χ2v) is 15.4. The minimum atomic E-state index is -0.102. The van der Waals surface area contributed by atoms with Crippen LogP contribution in [-0.4, -0.2) is 0 Å². The summed E-state index contributed by atoms with van der Waals surface area (Å²) in [6.07, 6.45) is 0. The van der Waals surface area contributed by atoms with Gasteiger partial charge in [0.05, 0.1) is 0 Å². The average Bonchev–Trinajstić information content (AvgIpc) is 3.49. The van der Waals surface area contributed by atoms with Gasteiger partial charge >= 0.3 is 0 Å². The zero-order valence-electron chi connectivity index (χ0n) is 31.7. The van der Waals surface area contributed by atoms with Crippen molar-refractivity contribution in [1.82, 2.24) is 0 Å². The second kappa shape index (κ2) is 13.7. The summed E-state index contributed by atoms with van der Waals surface area (Å²) in [5, 5.41) is 2.53. The van der Waals surface area contributed by atoms with Crippen molar-refractivity contribution in [2.24, 2.45) is 0 Å². The van der Waals surface area contributed by atoms with Crippen LogP contribution in [0.1, 0.15) is 25.0 Å². The zero-order valence-corrected chi connectivity index (χ0v) is 31.7. The molecule has 0 fully saturated rings. The summed E-state index contributed by atoms with van der Waals surface area (Å²) in [5.41, 5.74) is 18.4. The molecule has 0 amide bonds. The smallest absolute Gasteiger partial charge is 0.0467 e. The van der Waals surface area contributed by atoms with Crippen molar-refractivity contribution in [3.8, 4) is 55.6 Å². The Morgan fingerprint density at radius 2 is 0.804 bits per heavy atom. The van der Waals surface area contributed by atoms with Crippen molar-refractivity contribution < 1.29 is 0 Å². The number of anilines is 3. The van der Waals surface area contributed by atoms with E-state index < -0.39 is 0 Å². The van der Waals surface area contributed by atoms with Crippen LogP contribution in [0.25, 0.3) is 66.4 Å². The van der Waals surface area contributed by atoms with E-state index in [9.17, 15) is 0 Å². The highest BCUT2D eigenvalue weighted by molar-refractivity contribution is 5.97. The number of hydrogen-bond donors (Lipinski definition) is 0. The molecule has 0 radical (unpaired) electrons. The first-order valence-corrected chi connectivity index (χ1v) is 19.5. The molecule has 10 rings (SSSR count). The van der Waals surface area contributed by atoms with Crippen molar-refractivity contribution in [2.75, 3.05) is 4.90 Å². The van der Waals surface area contributed by atoms with Gasteiger partial charge in [-0.25, -0.2) is 0 Å². The molecular weight excluding hydrogens is 675 g/mol. The summed E-state index contributed by atoms with van der Waals surface area (Å²) < 4.78 is 0. The van der Waals surface area contributed by atoms with Crippen LogP contribution < -0.4 is 4.90 Å². The van der Waals surface area contributed by atoms with Gasteiger partial charge < -0.3 is 4.90 Å². The van der Waals surface area contributed by atoms with Gasteiger partial charge in [-0.2, -0.15) is 0 Å². The molecule has 0 heterocycles. The van der Waals surface area contributed by atoms with Crippen molar-refractivity contribution in [2.45, 2.75) is 19.3 Å². The van der Waals surface area contributed by atoms with E-state index >= 15 is 0 Å². The quantitative estimate of drug-likeness (QED) is 0.159. The molecule has 0 saturated heterocycles. The zero-order chi connectivity index (χ0) is 37.6. The third-order valence-electron chi connectivity index (χ3n) is 11.7. The van der Waals surface area contributed by atoms with Gasteiger partial charge in [0.25, 0.3) is 0 Å². The number of hydrogen-bond acceptors (Lipinski definition) is 1. The summed E-state index contributed by atoms with van der Waals surface area (Å²) in [7, 11) is 0. The number of fused-ring (bicyclic) bond motifs is 4. The maximum atomic E-state index is 2.41. The van der Waals surface area contributed by atoms with Gasteiger partial charge in [-0.05, 0) is 120 Å². The maximum Gasteiger partial charge on any atom is 0.0467 e. The summed E-state index contributed by atoms with van der Waals surface area (Å²) in [6.45, 7) is 4.71. The normalized spacial score (nSPS) is 12.6. The van der Waals surface area contributed by atoms with Crippen LogP contribution in [0.5, 0.6) is 0 Å². The van der Waals surface area contributed by atoms with Crippen LogP contribution in [0.3, 0.4) is 0 Å². The van der Waals surface area contributed by atoms with Gasteiger partial charge in [0.1, 0.15) is 0 Å². The lowest BCUT2D eigenvalue weighted by atomic mass is 9.82. The van der Waals surface area contributed by atoms with Gasteiger partial charge in [0, 0.05) is 22.5 Å². The molecule has 9 aromatic rings. The van der Waals surface area contributed by atoms with Crippen LogP contribution in [-0.2, 0) is 5.41 Å². The van der Waals surface area contributed by atoms with Crippen molar-refractivity contribution >= 4 is 27.8 Å². The van der Waals surface area contributed by atoms with Crippen molar-refractivity contribution in [1.29, 1.82) is 0 Å². The molecular formula is C55H41N. The third-order valence-corrected chi connectivity index (χ3v) is 11.7. The molecule has 0 bridgehead atoms. The molecule has 1 heteroatoms. The molecule has 0 unspecified atom stereocenters. The lowest BCUT2D eigenvalue weighted by Crippen LogP contribution is -2.16. The molecule has 0 aliphatic heterocycles. The molecule has 0 aromatic heterocycles. The van der Waals surface area contributed by atoms with Crippen LogP contribution in [0.4, 0.5) is 17.1 Å². The van der Waals surface area contributed by atoms with Gasteiger partial charge in [-0.1, -0.05) is 184 Å². The molecule has 0 N–H and O–H groups in total. The fraction of sp³-hybridized carbons (Fsp3) is 0.0545. The standard InChI is InChI=1S/C55H41N/c1-55(2)53-24-9-8-22-51(53)52-34-33-48(37-54(52)55)56(47-20-11-18-44(36-47)40-27-25-39(26-28-40)38-13-4-3-5-14-38)46-31-29-41(30-32-46)43-17-10-19-45(35-43)50-23-12-16-42-15-6-7-21-49(42)50/h3-37H,1-2H3. The number of benzene rings is 9. The minimum Gasteiger partial charge on any atom is -0.310 e. The molecule has 56 heavy (non-hydrogen) atoms. The Labute approximate surface area is 329 Å². The van der Waals surface area contributed by atoms with Crippen LogP contribution >= 0.6 is 0 Å². The van der Waals surface area contributed by atoms with Crippen molar-refractivity contribution in [3.05, 3.63) is 223 Å². The molecule has 266 valence electrons. The van der Waals surface area contributed by atoms with Gasteiger partial charge in [-0.15, -0.1) is 0 Å². The number of rotatable bonds is 7. The predicted octanol–water partition coefficient (Wildman–Crippen LogP) is 15.3. The van der Waals surface area contributed by atoms with Crippen molar-refractivity contribution in [3.63, 3.8) is 0 Å². The first kappa shape index (κ1) is 33.6. The van der Waals surface area contributed by atoms with E-state index in [1.54, 1.807) is 0 Å². The Morgan fingerprint density at radius 3 is 1.61 bits per heavy atom. The Morgan fingerprint density at radius 1 is 0.304 bits per heavy atom. The highest BCUT2D eigenvalue weighted by Gasteiger charge is 2.35. The first-order chi connectivity index (χ1) is 27.5. The topological polar surface area (TPSA) is 3.24 Å². The summed E-state index contributed by atoms with van der Waals surface area (Å²) in [6, 6.07) is 77.6. The fourth-order valence-corrected chi connectivity index (χ4v) is 8.74. The Bertz CT molecular complexity index is 2860. The van der Waals surface area contributed by atoms with E-state index in [2.05, 4.69) is 231 Å². The molecule has 1 aliphatic rings. The lowest BCUT2D eigenvalue weighted by molar-refractivity contribution is 0.660. The maximum absolute atomic E-state index is 2.41. The Balaban J connectivity index is 1.05. The summed E-state index contributed by atoms with van der Waals surface area (Å²) in [4.78, 5) is 2.41. The monoisotopic (exact) mass is 715 g/mol. The highest BCUT2D eigenvalue weighted by atomic mass is 15.1. The second-order valence-electron chi connectivity index (χ2n) is 15.4. The molecule has 9 aromatic carbocycles. The molecule has 1 aliphatic carbocycles. The van der Waals surface area contributed by atoms with Crippen LogP contribution in [0, 0.1) is 0 Å². The van der Waals surface area contributed by atoms with Crippen LogP contribution in [0.15, 0.2) is 212 Å². The molecule has 0 atom stereocenters. The van der Waals surface area contributed by atoms with E-state index in [1.165, 1.54) is 77.5 Å². The average molecular weight is 716 g/mol.